The van der Waals surface area contributed by atoms with E-state index in [4.69, 9.17) is 5.73 Å². The summed E-state index contributed by atoms with van der Waals surface area (Å²) >= 11 is 0. The molecule has 0 unspecified atom stereocenters. The van der Waals surface area contributed by atoms with E-state index in [2.05, 4.69) is 12.0 Å². The number of aryl methyl sites for hydroxylation is 1. The lowest BCUT2D eigenvalue weighted by atomic mass is 9.93. The van der Waals surface area contributed by atoms with Crippen LogP contribution >= 0.6 is 0 Å². The van der Waals surface area contributed by atoms with Gasteiger partial charge in [-0.05, 0) is 18.8 Å². The fourth-order valence-electron chi connectivity index (χ4n) is 2.53. The van der Waals surface area contributed by atoms with Crippen molar-refractivity contribution in [3.8, 4) is 0 Å². The summed E-state index contributed by atoms with van der Waals surface area (Å²) in [5.74, 6) is 0.301. The van der Waals surface area contributed by atoms with E-state index in [-0.39, 0.29) is 10.9 Å². The normalized spacial score (nSPS) is 26.4. The summed E-state index contributed by atoms with van der Waals surface area (Å²) in [6.07, 6.45) is 4.84. The van der Waals surface area contributed by atoms with Crippen LogP contribution in [0.15, 0.2) is 17.3 Å². The number of piperidine rings is 1. The van der Waals surface area contributed by atoms with Crippen molar-refractivity contribution in [1.29, 1.82) is 0 Å². The van der Waals surface area contributed by atoms with Crippen molar-refractivity contribution in [2.24, 2.45) is 18.7 Å². The van der Waals surface area contributed by atoms with E-state index in [0.717, 1.165) is 12.8 Å². The third kappa shape index (κ3) is 2.30. The third-order valence-electron chi connectivity index (χ3n) is 3.59. The van der Waals surface area contributed by atoms with Crippen LogP contribution in [0, 0.1) is 5.92 Å². The lowest BCUT2D eigenvalue weighted by Gasteiger charge is -2.38. The molecule has 7 heteroatoms. The Balaban J connectivity index is 2.34. The van der Waals surface area contributed by atoms with Crippen LogP contribution in [-0.2, 0) is 17.1 Å². The molecule has 6 nitrogen and oxygen atoms in total. The van der Waals surface area contributed by atoms with Crippen LogP contribution < -0.4 is 5.73 Å². The van der Waals surface area contributed by atoms with Crippen molar-refractivity contribution in [3.05, 3.63) is 12.4 Å². The van der Waals surface area contributed by atoms with Crippen molar-refractivity contribution >= 4 is 10.0 Å². The van der Waals surface area contributed by atoms with Crippen LogP contribution in [0.2, 0.25) is 0 Å². The van der Waals surface area contributed by atoms with E-state index >= 15 is 0 Å². The van der Waals surface area contributed by atoms with E-state index in [9.17, 15) is 8.42 Å². The van der Waals surface area contributed by atoms with Crippen molar-refractivity contribution in [2.75, 3.05) is 13.1 Å². The molecule has 2 heterocycles. The largest absolute Gasteiger partial charge is 0.329 e. The van der Waals surface area contributed by atoms with Gasteiger partial charge in [-0.3, -0.25) is 4.68 Å². The molecule has 0 amide bonds. The number of nitrogens with two attached hydrogens (primary N) is 1. The molecule has 0 bridgehead atoms. The standard InChI is InChI=1S/C11H20N4O2S/c1-9-4-3-5-15(11(9)6-12)18(16,17)10-7-13-14(2)8-10/h7-9,11H,3-6,12H2,1-2H3/t9-,11-/m0/s1. The van der Waals surface area contributed by atoms with Crippen molar-refractivity contribution < 1.29 is 8.42 Å². The average Bonchev–Trinajstić information content (AvgIpc) is 2.76. The van der Waals surface area contributed by atoms with Gasteiger partial charge in [0.2, 0.25) is 10.0 Å². The molecule has 0 radical (unpaired) electrons. The highest BCUT2D eigenvalue weighted by atomic mass is 32.2. The molecule has 2 N–H and O–H groups in total. The second-order valence-electron chi connectivity index (χ2n) is 4.89. The summed E-state index contributed by atoms with van der Waals surface area (Å²) in [6.45, 7) is 2.96. The van der Waals surface area contributed by atoms with Gasteiger partial charge in [0, 0.05) is 32.4 Å². The second-order valence-corrected chi connectivity index (χ2v) is 6.78. The van der Waals surface area contributed by atoms with Crippen molar-refractivity contribution in [2.45, 2.75) is 30.7 Å². The first-order chi connectivity index (χ1) is 8.46. The first-order valence-corrected chi connectivity index (χ1v) is 7.61. The van der Waals surface area contributed by atoms with Crippen LogP contribution in [0.1, 0.15) is 19.8 Å². The number of rotatable bonds is 3. The summed E-state index contributed by atoms with van der Waals surface area (Å²) in [4.78, 5) is 0.248. The van der Waals surface area contributed by atoms with Crippen LogP contribution in [0.5, 0.6) is 0 Å². The maximum absolute atomic E-state index is 12.5. The van der Waals surface area contributed by atoms with Gasteiger partial charge in [0.25, 0.3) is 0 Å². The molecule has 2 rings (SSSR count). The maximum atomic E-state index is 12.5. The molecule has 0 aliphatic carbocycles. The van der Waals surface area contributed by atoms with E-state index < -0.39 is 10.0 Å². The minimum absolute atomic E-state index is 0.107. The zero-order chi connectivity index (χ0) is 13.3. The highest BCUT2D eigenvalue weighted by Gasteiger charge is 2.36. The maximum Gasteiger partial charge on any atom is 0.246 e. The smallest absolute Gasteiger partial charge is 0.246 e. The van der Waals surface area contributed by atoms with Gasteiger partial charge in [-0.1, -0.05) is 6.92 Å². The summed E-state index contributed by atoms with van der Waals surface area (Å²) in [5.41, 5.74) is 5.74. The molecule has 1 aliphatic heterocycles. The molecule has 1 aromatic heterocycles. The lowest BCUT2D eigenvalue weighted by Crippen LogP contribution is -2.51. The molecular formula is C11H20N4O2S. The Kier molecular flexibility index (Phi) is 3.74. The van der Waals surface area contributed by atoms with Gasteiger partial charge in [0.05, 0.1) is 6.20 Å². The Morgan fingerprint density at radius 2 is 2.28 bits per heavy atom. The Morgan fingerprint density at radius 1 is 1.56 bits per heavy atom. The molecule has 18 heavy (non-hydrogen) atoms. The van der Waals surface area contributed by atoms with Crippen LogP contribution in [0.3, 0.4) is 0 Å². The number of hydrogen-bond acceptors (Lipinski definition) is 4. The van der Waals surface area contributed by atoms with Gasteiger partial charge in [0.1, 0.15) is 4.90 Å². The summed E-state index contributed by atoms with van der Waals surface area (Å²) < 4.78 is 28.1. The molecule has 0 spiro atoms. The van der Waals surface area contributed by atoms with Gasteiger partial charge < -0.3 is 5.73 Å². The first kappa shape index (κ1) is 13.5. The number of nitrogens with zero attached hydrogens (tertiary/aromatic N) is 3. The number of hydrogen-bond donors (Lipinski definition) is 1. The van der Waals surface area contributed by atoms with Crippen molar-refractivity contribution in [3.63, 3.8) is 0 Å². The molecular weight excluding hydrogens is 252 g/mol. The van der Waals surface area contributed by atoms with E-state index in [1.807, 2.05) is 0 Å². The molecule has 102 valence electrons. The summed E-state index contributed by atoms with van der Waals surface area (Å²) in [5, 5.41) is 3.93. The van der Waals surface area contributed by atoms with Gasteiger partial charge in [-0.15, -0.1) is 0 Å². The van der Waals surface area contributed by atoms with Crippen LogP contribution in [0.4, 0.5) is 0 Å². The van der Waals surface area contributed by atoms with Gasteiger partial charge in [0.15, 0.2) is 0 Å². The Labute approximate surface area is 108 Å². The van der Waals surface area contributed by atoms with Gasteiger partial charge in [-0.2, -0.15) is 9.40 Å². The predicted molar refractivity (Wildman–Crippen MR) is 68.3 cm³/mol. The second kappa shape index (κ2) is 4.99. The highest BCUT2D eigenvalue weighted by molar-refractivity contribution is 7.89. The first-order valence-electron chi connectivity index (χ1n) is 6.17. The molecule has 1 saturated heterocycles. The Bertz CT molecular complexity index is 511. The lowest BCUT2D eigenvalue weighted by molar-refractivity contribution is 0.192. The SMILES string of the molecule is C[C@H]1CCCN(S(=O)(=O)c2cnn(C)c2)[C@H]1CN. The zero-order valence-electron chi connectivity index (χ0n) is 10.8. The Hall–Kier alpha value is -0.920. The van der Waals surface area contributed by atoms with Gasteiger partial charge in [-0.25, -0.2) is 8.42 Å². The quantitative estimate of drug-likeness (QED) is 0.850. The molecule has 0 saturated carbocycles. The summed E-state index contributed by atoms with van der Waals surface area (Å²) in [7, 11) is -1.76. The fourth-order valence-corrected chi connectivity index (χ4v) is 4.28. The van der Waals surface area contributed by atoms with E-state index in [1.165, 1.54) is 21.4 Å². The Morgan fingerprint density at radius 3 is 2.83 bits per heavy atom. The average molecular weight is 272 g/mol. The monoisotopic (exact) mass is 272 g/mol. The minimum atomic E-state index is -3.47. The molecule has 2 atom stereocenters. The molecule has 1 aliphatic rings. The van der Waals surface area contributed by atoms with E-state index in [1.54, 1.807) is 7.05 Å². The number of sulfonamides is 1. The topological polar surface area (TPSA) is 81.2 Å². The van der Waals surface area contributed by atoms with Crippen molar-refractivity contribution in [1.82, 2.24) is 14.1 Å². The molecule has 0 aromatic carbocycles. The summed E-state index contributed by atoms with van der Waals surface area (Å²) in [6, 6.07) is -0.107. The molecule has 1 aromatic rings. The minimum Gasteiger partial charge on any atom is -0.329 e. The highest BCUT2D eigenvalue weighted by Crippen LogP contribution is 2.28. The van der Waals surface area contributed by atoms with Gasteiger partial charge >= 0.3 is 0 Å². The van der Waals surface area contributed by atoms with Crippen LogP contribution in [0.25, 0.3) is 0 Å². The zero-order valence-corrected chi connectivity index (χ0v) is 11.6. The number of aromatic nitrogens is 2. The third-order valence-corrected chi connectivity index (χ3v) is 5.47. The van der Waals surface area contributed by atoms with Crippen LogP contribution in [-0.4, -0.2) is 41.6 Å². The van der Waals surface area contributed by atoms with E-state index in [0.29, 0.717) is 19.0 Å². The predicted octanol–water partition coefficient (Wildman–Crippen LogP) is 0.168. The molecule has 1 fully saturated rings. The fraction of sp³-hybridized carbons (Fsp3) is 0.727.